The van der Waals surface area contributed by atoms with Gasteiger partial charge < -0.3 is 15.7 Å². The highest BCUT2D eigenvalue weighted by molar-refractivity contribution is 5.75. The SMILES string of the molecule is CC1CC1NC(=O)NCC1(CC(=O)O)CCCCC1. The first-order valence-corrected chi connectivity index (χ1v) is 7.27. The van der Waals surface area contributed by atoms with Crippen molar-refractivity contribution in [2.75, 3.05) is 6.54 Å². The lowest BCUT2D eigenvalue weighted by Gasteiger charge is -2.36. The first-order valence-electron chi connectivity index (χ1n) is 7.27. The molecule has 2 saturated carbocycles. The molecule has 5 nitrogen and oxygen atoms in total. The number of hydrogen-bond donors (Lipinski definition) is 3. The van der Waals surface area contributed by atoms with Crippen molar-refractivity contribution in [2.24, 2.45) is 11.3 Å². The molecule has 0 radical (unpaired) electrons. The zero-order chi connectivity index (χ0) is 13.9. The number of amides is 2. The van der Waals surface area contributed by atoms with E-state index in [1.165, 1.54) is 6.42 Å². The molecule has 2 atom stereocenters. The number of hydrogen-bond acceptors (Lipinski definition) is 2. The molecule has 2 unspecified atom stereocenters. The van der Waals surface area contributed by atoms with E-state index in [0.717, 1.165) is 32.1 Å². The van der Waals surface area contributed by atoms with Crippen molar-refractivity contribution in [3.05, 3.63) is 0 Å². The molecular formula is C14H24N2O3. The highest BCUT2D eigenvalue weighted by atomic mass is 16.4. The van der Waals surface area contributed by atoms with Crippen LogP contribution < -0.4 is 10.6 Å². The zero-order valence-corrected chi connectivity index (χ0v) is 11.6. The Morgan fingerprint density at radius 3 is 2.42 bits per heavy atom. The van der Waals surface area contributed by atoms with Crippen LogP contribution in [0, 0.1) is 11.3 Å². The number of carbonyl (C=O) groups is 2. The van der Waals surface area contributed by atoms with E-state index >= 15 is 0 Å². The molecule has 108 valence electrons. The largest absolute Gasteiger partial charge is 0.481 e. The highest BCUT2D eigenvalue weighted by Crippen LogP contribution is 2.38. The Hall–Kier alpha value is -1.26. The smallest absolute Gasteiger partial charge is 0.315 e. The third kappa shape index (κ3) is 4.11. The van der Waals surface area contributed by atoms with Crippen LogP contribution in [0.25, 0.3) is 0 Å². The van der Waals surface area contributed by atoms with Crippen molar-refractivity contribution in [1.29, 1.82) is 0 Å². The maximum Gasteiger partial charge on any atom is 0.315 e. The minimum absolute atomic E-state index is 0.148. The molecule has 0 aliphatic heterocycles. The fraction of sp³-hybridized carbons (Fsp3) is 0.857. The van der Waals surface area contributed by atoms with Crippen LogP contribution in [-0.4, -0.2) is 29.7 Å². The summed E-state index contributed by atoms with van der Waals surface area (Å²) in [7, 11) is 0. The molecule has 0 spiro atoms. The molecule has 3 N–H and O–H groups in total. The first kappa shape index (κ1) is 14.2. The number of urea groups is 1. The molecular weight excluding hydrogens is 244 g/mol. The van der Waals surface area contributed by atoms with E-state index in [9.17, 15) is 9.59 Å². The van der Waals surface area contributed by atoms with Crippen LogP contribution in [-0.2, 0) is 4.79 Å². The molecule has 19 heavy (non-hydrogen) atoms. The van der Waals surface area contributed by atoms with Crippen molar-refractivity contribution in [1.82, 2.24) is 10.6 Å². The van der Waals surface area contributed by atoms with Crippen LogP contribution in [0.4, 0.5) is 4.79 Å². The molecule has 5 heteroatoms. The molecule has 2 rings (SSSR count). The summed E-state index contributed by atoms with van der Waals surface area (Å²) in [5.74, 6) is -0.187. The monoisotopic (exact) mass is 268 g/mol. The molecule has 0 heterocycles. The van der Waals surface area contributed by atoms with E-state index in [0.29, 0.717) is 18.5 Å². The molecule has 0 bridgehead atoms. The minimum Gasteiger partial charge on any atom is -0.481 e. The summed E-state index contributed by atoms with van der Waals surface area (Å²) >= 11 is 0. The third-order valence-electron chi connectivity index (χ3n) is 4.49. The average Bonchev–Trinajstić information content (AvgIpc) is 3.03. The van der Waals surface area contributed by atoms with Gasteiger partial charge >= 0.3 is 12.0 Å². The Bertz CT molecular complexity index is 351. The number of carbonyl (C=O) groups excluding carboxylic acids is 1. The summed E-state index contributed by atoms with van der Waals surface area (Å²) in [6.45, 7) is 2.59. The van der Waals surface area contributed by atoms with E-state index in [1.54, 1.807) is 0 Å². The van der Waals surface area contributed by atoms with Crippen LogP contribution in [0.2, 0.25) is 0 Å². The first-order chi connectivity index (χ1) is 9.01. The number of nitrogens with one attached hydrogen (secondary N) is 2. The van der Waals surface area contributed by atoms with E-state index in [2.05, 4.69) is 17.6 Å². The quantitative estimate of drug-likeness (QED) is 0.714. The van der Waals surface area contributed by atoms with Gasteiger partial charge in [0.2, 0.25) is 0 Å². The second-order valence-corrected chi connectivity index (χ2v) is 6.28. The van der Waals surface area contributed by atoms with Crippen LogP contribution in [0.15, 0.2) is 0 Å². The summed E-state index contributed by atoms with van der Waals surface area (Å²) in [5.41, 5.74) is -0.239. The Balaban J connectivity index is 1.81. The van der Waals surface area contributed by atoms with Gasteiger partial charge in [0.05, 0.1) is 6.42 Å². The Morgan fingerprint density at radius 2 is 1.89 bits per heavy atom. The lowest BCUT2D eigenvalue weighted by atomic mass is 9.72. The number of carboxylic acids is 1. The molecule has 2 fully saturated rings. The second-order valence-electron chi connectivity index (χ2n) is 6.28. The fourth-order valence-corrected chi connectivity index (χ4v) is 3.05. The van der Waals surface area contributed by atoms with Gasteiger partial charge in [-0.05, 0) is 30.6 Å². The number of aliphatic carboxylic acids is 1. The lowest BCUT2D eigenvalue weighted by molar-refractivity contribution is -0.140. The van der Waals surface area contributed by atoms with Gasteiger partial charge in [0, 0.05) is 12.6 Å². The van der Waals surface area contributed by atoms with Crippen LogP contribution in [0.5, 0.6) is 0 Å². The van der Waals surface area contributed by atoms with E-state index in [4.69, 9.17) is 5.11 Å². The van der Waals surface area contributed by atoms with E-state index in [-0.39, 0.29) is 17.9 Å². The standard InChI is InChI=1S/C14H24N2O3/c1-10-7-11(10)16-13(19)15-9-14(8-12(17)18)5-3-2-4-6-14/h10-11H,2-9H2,1H3,(H,17,18)(H2,15,16,19). The second kappa shape index (κ2) is 5.80. The van der Waals surface area contributed by atoms with Gasteiger partial charge in [0.15, 0.2) is 0 Å². The van der Waals surface area contributed by atoms with Crippen molar-refractivity contribution >= 4 is 12.0 Å². The van der Waals surface area contributed by atoms with Crippen molar-refractivity contribution in [2.45, 2.75) is 57.9 Å². The molecule has 0 aromatic carbocycles. The van der Waals surface area contributed by atoms with Gasteiger partial charge in [0.1, 0.15) is 0 Å². The topological polar surface area (TPSA) is 78.4 Å². The number of rotatable bonds is 5. The summed E-state index contributed by atoms with van der Waals surface area (Å²) in [4.78, 5) is 22.8. The minimum atomic E-state index is -0.764. The Labute approximate surface area is 114 Å². The van der Waals surface area contributed by atoms with Crippen LogP contribution >= 0.6 is 0 Å². The maximum absolute atomic E-state index is 11.7. The molecule has 0 aromatic heterocycles. The lowest BCUT2D eigenvalue weighted by Crippen LogP contribution is -2.45. The van der Waals surface area contributed by atoms with Crippen molar-refractivity contribution < 1.29 is 14.7 Å². The van der Waals surface area contributed by atoms with Crippen LogP contribution in [0.3, 0.4) is 0 Å². The molecule has 2 aliphatic carbocycles. The van der Waals surface area contributed by atoms with Gasteiger partial charge in [-0.15, -0.1) is 0 Å². The van der Waals surface area contributed by atoms with Gasteiger partial charge in [-0.2, -0.15) is 0 Å². The average molecular weight is 268 g/mol. The molecule has 2 amide bonds. The van der Waals surface area contributed by atoms with Gasteiger partial charge in [-0.3, -0.25) is 4.79 Å². The van der Waals surface area contributed by atoms with Gasteiger partial charge in [0.25, 0.3) is 0 Å². The van der Waals surface area contributed by atoms with Gasteiger partial charge in [-0.1, -0.05) is 26.2 Å². The summed E-state index contributed by atoms with van der Waals surface area (Å²) < 4.78 is 0. The fourth-order valence-electron chi connectivity index (χ4n) is 3.05. The predicted molar refractivity (Wildman–Crippen MR) is 71.9 cm³/mol. The predicted octanol–water partition coefficient (Wildman–Crippen LogP) is 2.12. The van der Waals surface area contributed by atoms with E-state index < -0.39 is 5.97 Å². The summed E-state index contributed by atoms with van der Waals surface area (Å²) in [6, 6.07) is 0.159. The normalized spacial score (nSPS) is 28.5. The molecule has 2 aliphatic rings. The van der Waals surface area contributed by atoms with Crippen molar-refractivity contribution in [3.63, 3.8) is 0 Å². The third-order valence-corrected chi connectivity index (χ3v) is 4.49. The van der Waals surface area contributed by atoms with Gasteiger partial charge in [-0.25, -0.2) is 4.79 Å². The molecule has 0 saturated heterocycles. The maximum atomic E-state index is 11.7. The molecule has 0 aromatic rings. The number of carboxylic acid groups (broad SMARTS) is 1. The summed E-state index contributed by atoms with van der Waals surface area (Å²) in [6.07, 6.45) is 6.32. The van der Waals surface area contributed by atoms with Crippen molar-refractivity contribution in [3.8, 4) is 0 Å². The Morgan fingerprint density at radius 1 is 1.26 bits per heavy atom. The zero-order valence-electron chi connectivity index (χ0n) is 11.6. The van der Waals surface area contributed by atoms with E-state index in [1.807, 2.05) is 0 Å². The highest BCUT2D eigenvalue weighted by Gasteiger charge is 2.36. The summed E-state index contributed by atoms with van der Waals surface area (Å²) in [5, 5.41) is 14.9. The Kier molecular flexibility index (Phi) is 4.32. The van der Waals surface area contributed by atoms with Crippen LogP contribution in [0.1, 0.15) is 51.9 Å².